The maximum Gasteiger partial charge on any atom is 0.266 e. The number of ether oxygens (including phenoxy) is 1. The maximum absolute atomic E-state index is 13.4. The second-order valence-electron chi connectivity index (χ2n) is 6.98. The third-order valence-corrected chi connectivity index (χ3v) is 6.14. The SMILES string of the molecule is COc1ccccc1-n1c(SC(C)C(=O)Nc2ccc(Cl)cc2)nc2ccccc2c1=O. The molecule has 6 nitrogen and oxygen atoms in total. The van der Waals surface area contributed by atoms with Gasteiger partial charge in [-0.1, -0.05) is 47.6 Å². The Balaban J connectivity index is 1.75. The summed E-state index contributed by atoms with van der Waals surface area (Å²) in [6.45, 7) is 1.77. The van der Waals surface area contributed by atoms with E-state index in [2.05, 4.69) is 5.32 Å². The Morgan fingerprint density at radius 2 is 1.75 bits per heavy atom. The van der Waals surface area contributed by atoms with Crippen LogP contribution in [0, 0.1) is 0 Å². The molecule has 1 amide bonds. The lowest BCUT2D eigenvalue weighted by Gasteiger charge is -2.18. The Morgan fingerprint density at radius 3 is 2.50 bits per heavy atom. The Labute approximate surface area is 194 Å². The minimum atomic E-state index is -0.528. The van der Waals surface area contributed by atoms with E-state index in [4.69, 9.17) is 21.3 Å². The zero-order chi connectivity index (χ0) is 22.7. The summed E-state index contributed by atoms with van der Waals surface area (Å²) in [7, 11) is 1.55. The Morgan fingerprint density at radius 1 is 1.06 bits per heavy atom. The van der Waals surface area contributed by atoms with Gasteiger partial charge in [0.05, 0.1) is 29.0 Å². The highest BCUT2D eigenvalue weighted by atomic mass is 35.5. The van der Waals surface area contributed by atoms with Crippen LogP contribution in [0.1, 0.15) is 6.92 Å². The van der Waals surface area contributed by atoms with Crippen LogP contribution in [0.4, 0.5) is 5.69 Å². The van der Waals surface area contributed by atoms with Crippen LogP contribution in [-0.2, 0) is 4.79 Å². The number of anilines is 1. The van der Waals surface area contributed by atoms with E-state index in [-0.39, 0.29) is 11.5 Å². The molecular weight excluding hydrogens is 446 g/mol. The number of nitrogens with zero attached hydrogens (tertiary/aromatic N) is 2. The van der Waals surface area contributed by atoms with Crippen LogP contribution >= 0.6 is 23.4 Å². The van der Waals surface area contributed by atoms with E-state index in [1.165, 1.54) is 16.3 Å². The molecule has 0 radical (unpaired) electrons. The van der Waals surface area contributed by atoms with Crippen LogP contribution in [0.25, 0.3) is 16.6 Å². The first-order valence-electron chi connectivity index (χ1n) is 9.86. The van der Waals surface area contributed by atoms with Gasteiger partial charge in [0.25, 0.3) is 5.56 Å². The van der Waals surface area contributed by atoms with Crippen molar-refractivity contribution in [3.63, 3.8) is 0 Å². The van der Waals surface area contributed by atoms with Crippen LogP contribution in [0.15, 0.2) is 82.7 Å². The number of nitrogens with one attached hydrogen (secondary N) is 1. The number of amides is 1. The van der Waals surface area contributed by atoms with E-state index >= 15 is 0 Å². The average Bonchev–Trinajstić information content (AvgIpc) is 2.81. The van der Waals surface area contributed by atoms with Gasteiger partial charge in [0.2, 0.25) is 5.91 Å². The highest BCUT2D eigenvalue weighted by molar-refractivity contribution is 8.00. The van der Waals surface area contributed by atoms with Crippen molar-refractivity contribution in [3.05, 3.63) is 88.2 Å². The highest BCUT2D eigenvalue weighted by Crippen LogP contribution is 2.29. The van der Waals surface area contributed by atoms with Gasteiger partial charge in [-0.15, -0.1) is 0 Å². The average molecular weight is 466 g/mol. The summed E-state index contributed by atoms with van der Waals surface area (Å²) in [6, 6.07) is 21.3. The molecule has 4 aromatic rings. The van der Waals surface area contributed by atoms with E-state index in [0.717, 1.165) is 0 Å². The summed E-state index contributed by atoms with van der Waals surface area (Å²) < 4.78 is 6.97. The first-order chi connectivity index (χ1) is 15.5. The number of hydrogen-bond acceptors (Lipinski definition) is 5. The number of hydrogen-bond donors (Lipinski definition) is 1. The molecule has 162 valence electrons. The second kappa shape index (κ2) is 9.46. The zero-order valence-electron chi connectivity index (χ0n) is 17.4. The third-order valence-electron chi connectivity index (χ3n) is 4.83. The standard InChI is InChI=1S/C24H20ClN3O3S/c1-15(22(29)26-17-13-11-16(25)12-14-17)32-24-27-19-8-4-3-7-18(19)23(30)28(24)20-9-5-6-10-21(20)31-2/h3-15H,1-2H3,(H,26,29). The lowest BCUT2D eigenvalue weighted by atomic mass is 10.2. The summed E-state index contributed by atoms with van der Waals surface area (Å²) in [4.78, 5) is 31.0. The summed E-state index contributed by atoms with van der Waals surface area (Å²) in [5.74, 6) is 0.318. The Bertz CT molecular complexity index is 1340. The smallest absolute Gasteiger partial charge is 0.266 e. The van der Waals surface area contributed by atoms with Crippen LogP contribution in [-0.4, -0.2) is 27.8 Å². The molecule has 1 heterocycles. The molecule has 0 spiro atoms. The van der Waals surface area contributed by atoms with Crippen molar-refractivity contribution in [3.8, 4) is 11.4 Å². The van der Waals surface area contributed by atoms with Gasteiger partial charge in [0.1, 0.15) is 5.75 Å². The van der Waals surface area contributed by atoms with E-state index < -0.39 is 5.25 Å². The number of carbonyl (C=O) groups excluding carboxylic acids is 1. The molecular formula is C24H20ClN3O3S. The molecule has 1 atom stereocenters. The van der Waals surface area contributed by atoms with E-state index in [1.807, 2.05) is 18.2 Å². The zero-order valence-corrected chi connectivity index (χ0v) is 19.0. The van der Waals surface area contributed by atoms with Gasteiger partial charge in [-0.25, -0.2) is 4.98 Å². The number of aromatic nitrogens is 2. The number of methoxy groups -OCH3 is 1. The maximum atomic E-state index is 13.4. The lowest BCUT2D eigenvalue weighted by Crippen LogP contribution is -2.26. The van der Waals surface area contributed by atoms with Crippen LogP contribution < -0.4 is 15.6 Å². The molecule has 0 aliphatic rings. The highest BCUT2D eigenvalue weighted by Gasteiger charge is 2.21. The second-order valence-corrected chi connectivity index (χ2v) is 8.72. The van der Waals surface area contributed by atoms with Crippen molar-refractivity contribution in [2.24, 2.45) is 0 Å². The third kappa shape index (κ3) is 4.49. The molecule has 3 aromatic carbocycles. The first kappa shape index (κ1) is 21.9. The predicted molar refractivity (Wildman–Crippen MR) is 129 cm³/mol. The predicted octanol–water partition coefficient (Wildman–Crippen LogP) is 5.17. The first-order valence-corrected chi connectivity index (χ1v) is 11.1. The number of para-hydroxylation sites is 3. The van der Waals surface area contributed by atoms with Crippen molar-refractivity contribution in [1.29, 1.82) is 0 Å². The van der Waals surface area contributed by atoms with Crippen molar-refractivity contribution in [2.75, 3.05) is 12.4 Å². The molecule has 0 aliphatic heterocycles. The van der Waals surface area contributed by atoms with Gasteiger partial charge in [0.15, 0.2) is 5.16 Å². The van der Waals surface area contributed by atoms with Crippen LogP contribution in [0.5, 0.6) is 5.75 Å². The van der Waals surface area contributed by atoms with Crippen molar-refractivity contribution < 1.29 is 9.53 Å². The summed E-state index contributed by atoms with van der Waals surface area (Å²) in [6.07, 6.45) is 0. The molecule has 0 bridgehead atoms. The van der Waals surface area contributed by atoms with Crippen LogP contribution in [0.2, 0.25) is 5.02 Å². The normalized spacial score (nSPS) is 11.8. The fourth-order valence-electron chi connectivity index (χ4n) is 3.21. The molecule has 4 rings (SSSR count). The van der Waals surface area contributed by atoms with Gasteiger partial charge in [-0.2, -0.15) is 0 Å². The molecule has 8 heteroatoms. The minimum Gasteiger partial charge on any atom is -0.495 e. The summed E-state index contributed by atoms with van der Waals surface area (Å²) in [5, 5.41) is 3.81. The fraction of sp³-hybridized carbons (Fsp3) is 0.125. The van der Waals surface area contributed by atoms with Crippen molar-refractivity contribution in [2.45, 2.75) is 17.3 Å². The van der Waals surface area contributed by atoms with Gasteiger partial charge in [-0.3, -0.25) is 14.2 Å². The molecule has 1 N–H and O–H groups in total. The minimum absolute atomic E-state index is 0.216. The van der Waals surface area contributed by atoms with Crippen LogP contribution in [0.3, 0.4) is 0 Å². The summed E-state index contributed by atoms with van der Waals surface area (Å²) in [5.41, 5.74) is 1.54. The Hall–Kier alpha value is -3.29. The van der Waals surface area contributed by atoms with E-state index in [0.29, 0.717) is 38.2 Å². The van der Waals surface area contributed by atoms with Crippen molar-refractivity contribution >= 4 is 45.9 Å². The molecule has 0 saturated heterocycles. The largest absolute Gasteiger partial charge is 0.495 e. The van der Waals surface area contributed by atoms with Gasteiger partial charge >= 0.3 is 0 Å². The Kier molecular flexibility index (Phi) is 6.48. The molecule has 0 saturated carbocycles. The molecule has 1 aromatic heterocycles. The molecule has 0 fully saturated rings. The van der Waals surface area contributed by atoms with E-state index in [1.54, 1.807) is 68.6 Å². The fourth-order valence-corrected chi connectivity index (χ4v) is 4.25. The topological polar surface area (TPSA) is 73.2 Å². The number of fused-ring (bicyclic) bond motifs is 1. The quantitative estimate of drug-likeness (QED) is 0.314. The number of benzene rings is 3. The molecule has 32 heavy (non-hydrogen) atoms. The number of rotatable bonds is 6. The molecule has 0 aliphatic carbocycles. The monoisotopic (exact) mass is 465 g/mol. The van der Waals surface area contributed by atoms with Gasteiger partial charge in [0, 0.05) is 10.7 Å². The number of carbonyl (C=O) groups is 1. The lowest BCUT2D eigenvalue weighted by molar-refractivity contribution is -0.115. The summed E-state index contributed by atoms with van der Waals surface area (Å²) >= 11 is 7.12. The van der Waals surface area contributed by atoms with Crippen molar-refractivity contribution in [1.82, 2.24) is 9.55 Å². The number of halogens is 1. The van der Waals surface area contributed by atoms with Gasteiger partial charge < -0.3 is 10.1 Å². The number of thioether (sulfide) groups is 1. The molecule has 1 unspecified atom stereocenters. The van der Waals surface area contributed by atoms with Gasteiger partial charge in [-0.05, 0) is 55.5 Å². The van der Waals surface area contributed by atoms with E-state index in [9.17, 15) is 9.59 Å².